The molecular weight excluding hydrogens is 382 g/mol. The SMILES string of the molecule is Clc1ccc(COc2ccc3ccccc3c2CNCCCn2ccnc2)cc1. The van der Waals surface area contributed by atoms with Gasteiger partial charge in [0.25, 0.3) is 0 Å². The van der Waals surface area contributed by atoms with E-state index in [0.29, 0.717) is 6.61 Å². The lowest BCUT2D eigenvalue weighted by Gasteiger charge is -2.15. The molecule has 5 heteroatoms. The molecule has 1 heterocycles. The summed E-state index contributed by atoms with van der Waals surface area (Å²) in [6.07, 6.45) is 6.71. The molecule has 0 saturated heterocycles. The highest BCUT2D eigenvalue weighted by Crippen LogP contribution is 2.29. The van der Waals surface area contributed by atoms with Gasteiger partial charge in [-0.25, -0.2) is 4.98 Å². The maximum Gasteiger partial charge on any atom is 0.124 e. The van der Waals surface area contributed by atoms with Gasteiger partial charge in [-0.2, -0.15) is 0 Å². The Hall–Kier alpha value is -2.82. The topological polar surface area (TPSA) is 39.1 Å². The summed E-state index contributed by atoms with van der Waals surface area (Å²) in [7, 11) is 0. The number of rotatable bonds is 9. The second-order valence-corrected chi connectivity index (χ2v) is 7.45. The number of ether oxygens (including phenoxy) is 1. The van der Waals surface area contributed by atoms with E-state index in [1.54, 1.807) is 0 Å². The zero-order chi connectivity index (χ0) is 19.9. The van der Waals surface area contributed by atoms with Crippen molar-refractivity contribution in [1.29, 1.82) is 0 Å². The molecule has 1 N–H and O–H groups in total. The van der Waals surface area contributed by atoms with Gasteiger partial charge in [-0.1, -0.05) is 54.1 Å². The lowest BCUT2D eigenvalue weighted by molar-refractivity contribution is 0.302. The molecule has 0 atom stereocenters. The predicted molar refractivity (Wildman–Crippen MR) is 118 cm³/mol. The van der Waals surface area contributed by atoms with Crippen LogP contribution in [0.1, 0.15) is 17.5 Å². The molecule has 0 bridgehead atoms. The number of hydrogen-bond acceptors (Lipinski definition) is 3. The van der Waals surface area contributed by atoms with Gasteiger partial charge in [0.15, 0.2) is 0 Å². The van der Waals surface area contributed by atoms with E-state index in [4.69, 9.17) is 16.3 Å². The van der Waals surface area contributed by atoms with Crippen LogP contribution in [0.3, 0.4) is 0 Å². The zero-order valence-corrected chi connectivity index (χ0v) is 17.0. The number of hydrogen-bond donors (Lipinski definition) is 1. The lowest BCUT2D eigenvalue weighted by atomic mass is 10.0. The maximum atomic E-state index is 6.19. The van der Waals surface area contributed by atoms with Crippen LogP contribution in [0.2, 0.25) is 5.02 Å². The molecule has 4 aromatic rings. The number of benzene rings is 3. The van der Waals surface area contributed by atoms with E-state index in [9.17, 15) is 0 Å². The smallest absolute Gasteiger partial charge is 0.124 e. The van der Waals surface area contributed by atoms with Crippen molar-refractivity contribution < 1.29 is 4.74 Å². The van der Waals surface area contributed by atoms with Crippen LogP contribution in [0.4, 0.5) is 0 Å². The molecule has 0 saturated carbocycles. The summed E-state index contributed by atoms with van der Waals surface area (Å²) >= 11 is 5.98. The molecule has 4 nitrogen and oxygen atoms in total. The summed E-state index contributed by atoms with van der Waals surface area (Å²) in [4.78, 5) is 4.08. The van der Waals surface area contributed by atoms with Gasteiger partial charge >= 0.3 is 0 Å². The molecule has 0 unspecified atom stereocenters. The van der Waals surface area contributed by atoms with Crippen molar-refractivity contribution in [3.05, 3.63) is 95.5 Å². The predicted octanol–water partition coefficient (Wildman–Crippen LogP) is 5.45. The molecule has 3 aromatic carbocycles. The molecule has 148 valence electrons. The van der Waals surface area contributed by atoms with Crippen LogP contribution in [-0.2, 0) is 19.7 Å². The van der Waals surface area contributed by atoms with Crippen LogP contribution < -0.4 is 10.1 Å². The van der Waals surface area contributed by atoms with Gasteiger partial charge in [0.2, 0.25) is 0 Å². The third kappa shape index (κ3) is 5.17. The third-order valence-corrected chi connectivity index (χ3v) is 5.19. The molecule has 0 amide bonds. The molecule has 0 aliphatic rings. The summed E-state index contributed by atoms with van der Waals surface area (Å²) in [5.74, 6) is 0.917. The van der Waals surface area contributed by atoms with Crippen molar-refractivity contribution in [3.63, 3.8) is 0 Å². The van der Waals surface area contributed by atoms with E-state index in [1.165, 1.54) is 16.3 Å². The standard InChI is InChI=1S/C24H24ClN3O/c25-21-9-6-19(7-10-21)17-29-24-11-8-20-4-1-2-5-22(20)23(24)16-26-12-3-14-28-15-13-27-18-28/h1-2,4-11,13,15,18,26H,3,12,14,16-17H2. The fourth-order valence-electron chi connectivity index (χ4n) is 3.39. The normalized spacial score (nSPS) is 11.1. The summed E-state index contributed by atoms with van der Waals surface area (Å²) in [5, 5.41) is 6.76. The van der Waals surface area contributed by atoms with E-state index in [1.807, 2.05) is 43.0 Å². The molecule has 1 aromatic heterocycles. The second-order valence-electron chi connectivity index (χ2n) is 7.01. The van der Waals surface area contributed by atoms with Crippen molar-refractivity contribution in [2.24, 2.45) is 0 Å². The second kappa shape index (κ2) is 9.59. The highest BCUT2D eigenvalue weighted by atomic mass is 35.5. The third-order valence-electron chi connectivity index (χ3n) is 4.94. The molecule has 0 fully saturated rings. The molecule has 0 aliphatic carbocycles. The summed E-state index contributed by atoms with van der Waals surface area (Å²) < 4.78 is 8.29. The molecule has 0 radical (unpaired) electrons. The van der Waals surface area contributed by atoms with Gasteiger partial charge in [0.05, 0.1) is 6.33 Å². The Bertz CT molecular complexity index is 1050. The van der Waals surface area contributed by atoms with E-state index in [2.05, 4.69) is 51.3 Å². The van der Waals surface area contributed by atoms with Crippen LogP contribution in [0.5, 0.6) is 5.75 Å². The first kappa shape index (κ1) is 19.5. The maximum absolute atomic E-state index is 6.19. The van der Waals surface area contributed by atoms with Crippen molar-refractivity contribution in [1.82, 2.24) is 14.9 Å². The van der Waals surface area contributed by atoms with E-state index in [-0.39, 0.29) is 0 Å². The molecule has 29 heavy (non-hydrogen) atoms. The average molecular weight is 406 g/mol. The van der Waals surface area contributed by atoms with Crippen molar-refractivity contribution >= 4 is 22.4 Å². The Morgan fingerprint density at radius 1 is 1.00 bits per heavy atom. The van der Waals surface area contributed by atoms with Crippen LogP contribution >= 0.6 is 11.6 Å². The quantitative estimate of drug-likeness (QED) is 0.376. The number of nitrogens with zero attached hydrogens (tertiary/aromatic N) is 2. The van der Waals surface area contributed by atoms with Gasteiger partial charge in [-0.3, -0.25) is 0 Å². The Kier molecular flexibility index (Phi) is 6.45. The number of imidazole rings is 1. The van der Waals surface area contributed by atoms with Crippen LogP contribution in [0.25, 0.3) is 10.8 Å². The van der Waals surface area contributed by atoms with Gasteiger partial charge in [-0.05, 0) is 47.5 Å². The number of nitrogens with one attached hydrogen (secondary N) is 1. The Balaban J connectivity index is 1.44. The molecular formula is C24H24ClN3O. The molecule has 0 aliphatic heterocycles. The molecule has 0 spiro atoms. The first-order chi connectivity index (χ1) is 14.3. The van der Waals surface area contributed by atoms with Crippen LogP contribution in [-0.4, -0.2) is 16.1 Å². The van der Waals surface area contributed by atoms with Gasteiger partial charge in [-0.15, -0.1) is 0 Å². The monoisotopic (exact) mass is 405 g/mol. The minimum Gasteiger partial charge on any atom is -0.489 e. The average Bonchev–Trinajstić information content (AvgIpc) is 3.27. The Morgan fingerprint density at radius 2 is 1.86 bits per heavy atom. The summed E-state index contributed by atoms with van der Waals surface area (Å²) in [6, 6.07) is 20.4. The Labute approximate surface area is 176 Å². The minimum absolute atomic E-state index is 0.517. The van der Waals surface area contributed by atoms with Crippen LogP contribution in [0, 0.1) is 0 Å². The fourth-order valence-corrected chi connectivity index (χ4v) is 3.52. The summed E-state index contributed by atoms with van der Waals surface area (Å²) in [5.41, 5.74) is 2.29. The largest absolute Gasteiger partial charge is 0.489 e. The summed E-state index contributed by atoms with van der Waals surface area (Å²) in [6.45, 7) is 3.17. The number of fused-ring (bicyclic) bond motifs is 1. The fraction of sp³-hybridized carbons (Fsp3) is 0.208. The Morgan fingerprint density at radius 3 is 2.69 bits per heavy atom. The van der Waals surface area contributed by atoms with E-state index in [0.717, 1.165) is 42.4 Å². The minimum atomic E-state index is 0.517. The number of aromatic nitrogens is 2. The van der Waals surface area contributed by atoms with Crippen LogP contribution in [0.15, 0.2) is 79.4 Å². The first-order valence-electron chi connectivity index (χ1n) is 9.84. The van der Waals surface area contributed by atoms with Crippen molar-refractivity contribution in [2.45, 2.75) is 26.1 Å². The number of halogens is 1. The highest BCUT2D eigenvalue weighted by molar-refractivity contribution is 6.30. The highest BCUT2D eigenvalue weighted by Gasteiger charge is 2.09. The van der Waals surface area contributed by atoms with Crippen molar-refractivity contribution in [2.75, 3.05) is 6.54 Å². The van der Waals surface area contributed by atoms with E-state index < -0.39 is 0 Å². The van der Waals surface area contributed by atoms with Crippen molar-refractivity contribution in [3.8, 4) is 5.75 Å². The van der Waals surface area contributed by atoms with Gasteiger partial charge in [0.1, 0.15) is 12.4 Å². The van der Waals surface area contributed by atoms with Gasteiger partial charge in [0, 0.05) is 36.1 Å². The first-order valence-corrected chi connectivity index (χ1v) is 10.2. The zero-order valence-electron chi connectivity index (χ0n) is 16.2. The number of aryl methyl sites for hydroxylation is 1. The van der Waals surface area contributed by atoms with E-state index >= 15 is 0 Å². The molecule has 4 rings (SSSR count). The lowest BCUT2D eigenvalue weighted by Crippen LogP contribution is -2.17. The van der Waals surface area contributed by atoms with Gasteiger partial charge < -0.3 is 14.6 Å².